The summed E-state index contributed by atoms with van der Waals surface area (Å²) in [4.78, 5) is 32.7. The quantitative estimate of drug-likeness (QED) is 0.574. The third-order valence-electron chi connectivity index (χ3n) is 4.77. The summed E-state index contributed by atoms with van der Waals surface area (Å²) in [6.45, 7) is 2.06. The summed E-state index contributed by atoms with van der Waals surface area (Å²) in [6, 6.07) is 10.6. The third-order valence-corrected chi connectivity index (χ3v) is 5.97. The number of rotatable bonds is 6. The van der Waals surface area contributed by atoms with Crippen molar-refractivity contribution in [3.63, 3.8) is 0 Å². The molecule has 1 aliphatic heterocycles. The Morgan fingerprint density at radius 1 is 1.03 bits per heavy atom. The fourth-order valence-electron chi connectivity index (χ4n) is 3.15. The van der Waals surface area contributed by atoms with E-state index in [1.54, 1.807) is 40.3 Å². The minimum atomic E-state index is -0.135. The highest BCUT2D eigenvalue weighted by molar-refractivity contribution is 7.99. The van der Waals surface area contributed by atoms with Gasteiger partial charge >= 0.3 is 0 Å². The number of benzene rings is 1. The summed E-state index contributed by atoms with van der Waals surface area (Å²) in [6.07, 6.45) is 3.10. The van der Waals surface area contributed by atoms with Crippen molar-refractivity contribution in [1.82, 2.24) is 14.8 Å². The molecule has 0 N–H and O–H groups in total. The Morgan fingerprint density at radius 3 is 2.47 bits per heavy atom. The highest BCUT2D eigenvalue weighted by Crippen LogP contribution is 2.22. The van der Waals surface area contributed by atoms with Crippen molar-refractivity contribution in [2.45, 2.75) is 5.75 Å². The molecule has 7 nitrogen and oxygen atoms in total. The highest BCUT2D eigenvalue weighted by atomic mass is 35.5. The van der Waals surface area contributed by atoms with Crippen molar-refractivity contribution in [3.05, 3.63) is 65.4 Å². The number of thioether (sulfide) groups is 1. The van der Waals surface area contributed by atoms with Crippen LogP contribution in [0.5, 0.6) is 0 Å². The first kappa shape index (κ1) is 20.6. The number of furan rings is 1. The van der Waals surface area contributed by atoms with Gasteiger partial charge in [-0.1, -0.05) is 11.6 Å². The molecule has 1 saturated heterocycles. The van der Waals surface area contributed by atoms with Crippen molar-refractivity contribution in [2.24, 2.45) is 0 Å². The number of carbonyl (C=O) groups excluding carboxylic acids is 2. The number of halogens is 1. The third kappa shape index (κ3) is 4.88. The van der Waals surface area contributed by atoms with Crippen LogP contribution < -0.4 is 0 Å². The molecule has 9 heteroatoms. The second-order valence-corrected chi connectivity index (χ2v) is 8.22. The van der Waals surface area contributed by atoms with E-state index in [1.807, 2.05) is 12.1 Å². The first-order chi connectivity index (χ1) is 14.6. The molecule has 0 bridgehead atoms. The molecule has 0 saturated carbocycles. The van der Waals surface area contributed by atoms with Gasteiger partial charge in [-0.2, -0.15) is 0 Å². The average molecular weight is 446 g/mol. The number of hydrogen-bond donors (Lipinski definition) is 0. The molecule has 0 unspecified atom stereocenters. The Hall–Kier alpha value is -2.71. The average Bonchev–Trinajstić information content (AvgIpc) is 3.46. The van der Waals surface area contributed by atoms with Gasteiger partial charge in [0, 0.05) is 42.5 Å². The Labute approximate surface area is 183 Å². The Kier molecular flexibility index (Phi) is 6.44. The first-order valence-electron chi connectivity index (χ1n) is 9.49. The summed E-state index contributed by atoms with van der Waals surface area (Å²) in [7, 11) is 0. The molecule has 1 aromatic carbocycles. The lowest BCUT2D eigenvalue weighted by Crippen LogP contribution is -2.51. The molecule has 0 aliphatic carbocycles. The molecule has 1 fully saturated rings. The van der Waals surface area contributed by atoms with Gasteiger partial charge < -0.3 is 18.6 Å². The van der Waals surface area contributed by atoms with Crippen LogP contribution in [0.3, 0.4) is 0 Å². The van der Waals surface area contributed by atoms with E-state index in [4.69, 9.17) is 20.4 Å². The molecular weight excluding hydrogens is 426 g/mol. The van der Waals surface area contributed by atoms with Crippen LogP contribution in [0, 0.1) is 0 Å². The molecule has 4 rings (SSSR count). The number of carbonyl (C=O) groups is 2. The number of hydrogen-bond acceptors (Lipinski definition) is 6. The molecule has 0 radical (unpaired) electrons. The van der Waals surface area contributed by atoms with Crippen LogP contribution in [-0.4, -0.2) is 58.5 Å². The molecular formula is C21H20ClN3O4S. The molecule has 2 amide bonds. The van der Waals surface area contributed by atoms with Crippen molar-refractivity contribution >= 4 is 35.2 Å². The van der Waals surface area contributed by atoms with Gasteiger partial charge in [0.1, 0.15) is 6.26 Å². The van der Waals surface area contributed by atoms with Crippen molar-refractivity contribution in [1.29, 1.82) is 0 Å². The normalized spacial score (nSPS) is 14.2. The lowest BCUT2D eigenvalue weighted by Gasteiger charge is -2.34. The van der Waals surface area contributed by atoms with Crippen LogP contribution in [0.2, 0.25) is 5.02 Å². The lowest BCUT2D eigenvalue weighted by molar-refractivity contribution is -0.129. The second kappa shape index (κ2) is 9.40. The minimum absolute atomic E-state index is 0.0616. The zero-order valence-corrected chi connectivity index (χ0v) is 17.7. The summed E-state index contributed by atoms with van der Waals surface area (Å²) >= 11 is 7.39. The lowest BCUT2D eigenvalue weighted by atomic mass is 10.2. The van der Waals surface area contributed by atoms with Gasteiger partial charge in [0.05, 0.1) is 17.7 Å². The summed E-state index contributed by atoms with van der Waals surface area (Å²) < 4.78 is 10.7. The van der Waals surface area contributed by atoms with Gasteiger partial charge in [0.2, 0.25) is 11.8 Å². The van der Waals surface area contributed by atoms with Crippen LogP contribution in [0.1, 0.15) is 16.2 Å². The first-order valence-corrected chi connectivity index (χ1v) is 11.0. The van der Waals surface area contributed by atoms with Gasteiger partial charge in [-0.05, 0) is 36.4 Å². The smallest absolute Gasteiger partial charge is 0.289 e. The highest BCUT2D eigenvalue weighted by Gasteiger charge is 2.25. The molecule has 3 aromatic rings. The second-order valence-electron chi connectivity index (χ2n) is 6.79. The van der Waals surface area contributed by atoms with Crippen LogP contribution in [0.25, 0.3) is 11.5 Å². The fourth-order valence-corrected chi connectivity index (χ4v) is 4.07. The van der Waals surface area contributed by atoms with Gasteiger partial charge in [-0.25, -0.2) is 4.98 Å². The molecule has 156 valence electrons. The summed E-state index contributed by atoms with van der Waals surface area (Å²) in [5, 5.41) is 0.658. The predicted octanol–water partition coefficient (Wildman–Crippen LogP) is 3.81. The van der Waals surface area contributed by atoms with Gasteiger partial charge in [0.15, 0.2) is 5.76 Å². The predicted molar refractivity (Wildman–Crippen MR) is 114 cm³/mol. The maximum absolute atomic E-state index is 12.5. The number of oxazole rings is 1. The maximum atomic E-state index is 12.5. The van der Waals surface area contributed by atoms with Crippen molar-refractivity contribution in [2.75, 3.05) is 31.9 Å². The van der Waals surface area contributed by atoms with E-state index >= 15 is 0 Å². The standard InChI is InChI=1S/C21H20ClN3O4S/c22-16-5-3-15(4-6-16)20-23-17(12-29-20)13-30-14-19(26)24-7-9-25(10-8-24)21(27)18-2-1-11-28-18/h1-6,11-12H,7-10,13-14H2. The molecule has 0 spiro atoms. The van der Waals surface area contributed by atoms with E-state index in [0.717, 1.165) is 11.3 Å². The van der Waals surface area contributed by atoms with E-state index in [9.17, 15) is 9.59 Å². The van der Waals surface area contributed by atoms with Crippen LogP contribution in [0.15, 0.2) is 57.8 Å². The van der Waals surface area contributed by atoms with Crippen LogP contribution in [0.4, 0.5) is 0 Å². The van der Waals surface area contributed by atoms with Gasteiger partial charge in [0.25, 0.3) is 5.91 Å². The fraction of sp³-hybridized carbons (Fsp3) is 0.286. The van der Waals surface area contributed by atoms with E-state index in [0.29, 0.717) is 54.4 Å². The van der Waals surface area contributed by atoms with Crippen molar-refractivity contribution in [3.8, 4) is 11.5 Å². The molecule has 0 atom stereocenters. The SMILES string of the molecule is O=C(CSCc1coc(-c2ccc(Cl)cc2)n1)N1CCN(C(=O)c2ccco2)CC1. The summed E-state index contributed by atoms with van der Waals surface area (Å²) in [5.41, 5.74) is 1.64. The van der Waals surface area contributed by atoms with Gasteiger partial charge in [-0.3, -0.25) is 9.59 Å². The Bertz CT molecular complexity index is 996. The van der Waals surface area contributed by atoms with E-state index in [-0.39, 0.29) is 11.8 Å². The summed E-state index contributed by atoms with van der Waals surface area (Å²) in [5.74, 6) is 1.73. The Morgan fingerprint density at radius 2 is 1.77 bits per heavy atom. The minimum Gasteiger partial charge on any atom is -0.459 e. The molecule has 30 heavy (non-hydrogen) atoms. The zero-order valence-electron chi connectivity index (χ0n) is 16.1. The van der Waals surface area contributed by atoms with Crippen LogP contribution >= 0.6 is 23.4 Å². The Balaban J connectivity index is 1.21. The van der Waals surface area contributed by atoms with Crippen LogP contribution in [-0.2, 0) is 10.5 Å². The van der Waals surface area contributed by atoms with E-state index in [1.165, 1.54) is 18.0 Å². The molecule has 1 aliphatic rings. The zero-order chi connectivity index (χ0) is 20.9. The number of aromatic nitrogens is 1. The van der Waals surface area contributed by atoms with Gasteiger partial charge in [-0.15, -0.1) is 11.8 Å². The largest absolute Gasteiger partial charge is 0.459 e. The molecule has 2 aromatic heterocycles. The monoisotopic (exact) mass is 445 g/mol. The number of amides is 2. The number of piperazine rings is 1. The maximum Gasteiger partial charge on any atom is 0.289 e. The molecule has 3 heterocycles. The number of nitrogens with zero attached hydrogens (tertiary/aromatic N) is 3. The van der Waals surface area contributed by atoms with E-state index < -0.39 is 0 Å². The topological polar surface area (TPSA) is 79.8 Å². The van der Waals surface area contributed by atoms with E-state index in [2.05, 4.69) is 4.98 Å². The van der Waals surface area contributed by atoms with Crippen molar-refractivity contribution < 1.29 is 18.4 Å².